The summed E-state index contributed by atoms with van der Waals surface area (Å²) in [7, 11) is 0. The number of carbonyl (C=O) groups excluding carboxylic acids is 2. The molecule has 0 aromatic heterocycles. The van der Waals surface area contributed by atoms with Crippen molar-refractivity contribution in [2.75, 3.05) is 11.9 Å². The molecule has 0 atom stereocenters. The minimum Gasteiger partial charge on any atom is -0.343 e. The molecule has 0 heterocycles. The van der Waals surface area contributed by atoms with E-state index in [9.17, 15) is 9.59 Å². The van der Waals surface area contributed by atoms with E-state index in [0.29, 0.717) is 11.3 Å². The maximum Gasteiger partial charge on any atom is 0.251 e. The number of carbonyl (C=O) groups is 2. The van der Waals surface area contributed by atoms with Crippen molar-refractivity contribution in [3.63, 3.8) is 0 Å². The van der Waals surface area contributed by atoms with Gasteiger partial charge in [-0.15, -0.1) is 0 Å². The lowest BCUT2D eigenvalue weighted by atomic mass is 10.0. The number of halogens is 1. The van der Waals surface area contributed by atoms with E-state index in [0.717, 1.165) is 15.6 Å². The van der Waals surface area contributed by atoms with Crippen LogP contribution in [0, 0.1) is 0 Å². The second kappa shape index (κ2) is 8.45. The van der Waals surface area contributed by atoms with Gasteiger partial charge < -0.3 is 10.6 Å². The van der Waals surface area contributed by atoms with Gasteiger partial charge in [-0.05, 0) is 29.8 Å². The SMILES string of the molecule is O=C(CNC(=O)c1cccc(Br)c1)Nc1ccccc1-c1ccccc1. The number of amides is 2. The van der Waals surface area contributed by atoms with Crippen molar-refractivity contribution in [2.45, 2.75) is 0 Å². The van der Waals surface area contributed by atoms with Gasteiger partial charge in [0.25, 0.3) is 5.91 Å². The topological polar surface area (TPSA) is 58.2 Å². The molecule has 0 spiro atoms. The van der Waals surface area contributed by atoms with Gasteiger partial charge in [-0.1, -0.05) is 70.5 Å². The molecule has 0 aliphatic carbocycles. The van der Waals surface area contributed by atoms with Gasteiger partial charge in [0.05, 0.1) is 6.54 Å². The number of hydrogen-bond acceptors (Lipinski definition) is 2. The molecule has 0 saturated carbocycles. The zero-order valence-electron chi connectivity index (χ0n) is 13.9. The van der Waals surface area contributed by atoms with Crippen molar-refractivity contribution in [3.05, 3.63) is 88.9 Å². The van der Waals surface area contributed by atoms with Gasteiger partial charge in [-0.25, -0.2) is 0 Å². The first-order valence-corrected chi connectivity index (χ1v) is 8.91. The first kappa shape index (κ1) is 17.9. The lowest BCUT2D eigenvalue weighted by molar-refractivity contribution is -0.115. The smallest absolute Gasteiger partial charge is 0.251 e. The van der Waals surface area contributed by atoms with Crippen LogP contribution in [0.4, 0.5) is 5.69 Å². The molecule has 26 heavy (non-hydrogen) atoms. The van der Waals surface area contributed by atoms with E-state index in [-0.39, 0.29) is 18.4 Å². The molecule has 130 valence electrons. The predicted octanol–water partition coefficient (Wildman–Crippen LogP) is 4.48. The maximum atomic E-state index is 12.3. The molecule has 0 radical (unpaired) electrons. The number of rotatable bonds is 5. The van der Waals surface area contributed by atoms with Crippen LogP contribution in [0.1, 0.15) is 10.4 Å². The Balaban J connectivity index is 1.65. The second-order valence-corrected chi connectivity index (χ2v) is 6.57. The van der Waals surface area contributed by atoms with Crippen LogP contribution in [0.5, 0.6) is 0 Å². The van der Waals surface area contributed by atoms with E-state index in [1.807, 2.05) is 60.7 Å². The first-order valence-electron chi connectivity index (χ1n) is 8.11. The number of para-hydroxylation sites is 1. The van der Waals surface area contributed by atoms with Gasteiger partial charge in [0.1, 0.15) is 0 Å². The first-order chi connectivity index (χ1) is 12.6. The summed E-state index contributed by atoms with van der Waals surface area (Å²) < 4.78 is 0.811. The van der Waals surface area contributed by atoms with Crippen LogP contribution in [0.3, 0.4) is 0 Å². The van der Waals surface area contributed by atoms with Gasteiger partial charge in [0.15, 0.2) is 0 Å². The summed E-state index contributed by atoms with van der Waals surface area (Å²) in [5, 5.41) is 5.50. The average Bonchev–Trinajstić information content (AvgIpc) is 2.67. The van der Waals surface area contributed by atoms with Crippen LogP contribution in [-0.2, 0) is 4.79 Å². The molecule has 3 aromatic carbocycles. The molecular weight excluding hydrogens is 392 g/mol. The summed E-state index contributed by atoms with van der Waals surface area (Å²) in [6.07, 6.45) is 0. The molecular formula is C21H17BrN2O2. The Labute approximate surface area is 160 Å². The van der Waals surface area contributed by atoms with Crippen molar-refractivity contribution >= 4 is 33.4 Å². The minimum atomic E-state index is -0.294. The highest BCUT2D eigenvalue weighted by Crippen LogP contribution is 2.27. The van der Waals surface area contributed by atoms with E-state index in [4.69, 9.17) is 0 Å². The quantitative estimate of drug-likeness (QED) is 0.653. The summed E-state index contributed by atoms with van der Waals surface area (Å²) in [5.41, 5.74) is 3.15. The van der Waals surface area contributed by atoms with Crippen LogP contribution >= 0.6 is 15.9 Å². The van der Waals surface area contributed by atoms with Gasteiger partial charge in [-0.2, -0.15) is 0 Å². The Hall–Kier alpha value is -2.92. The Bertz CT molecular complexity index is 926. The van der Waals surface area contributed by atoms with Crippen LogP contribution < -0.4 is 10.6 Å². The van der Waals surface area contributed by atoms with E-state index in [1.54, 1.807) is 18.2 Å². The Morgan fingerprint density at radius 3 is 2.35 bits per heavy atom. The number of hydrogen-bond donors (Lipinski definition) is 2. The average molecular weight is 409 g/mol. The summed E-state index contributed by atoms with van der Waals surface area (Å²) in [6.45, 7) is -0.103. The van der Waals surface area contributed by atoms with Crippen molar-refractivity contribution < 1.29 is 9.59 Å². The van der Waals surface area contributed by atoms with Crippen molar-refractivity contribution in [3.8, 4) is 11.1 Å². The molecule has 2 amide bonds. The molecule has 2 N–H and O–H groups in total. The number of nitrogens with one attached hydrogen (secondary N) is 2. The fraction of sp³-hybridized carbons (Fsp3) is 0.0476. The zero-order chi connectivity index (χ0) is 18.4. The third-order valence-corrected chi connectivity index (χ3v) is 4.28. The van der Waals surface area contributed by atoms with E-state index in [1.165, 1.54) is 0 Å². The lowest BCUT2D eigenvalue weighted by Gasteiger charge is -2.12. The fourth-order valence-corrected chi connectivity index (χ4v) is 2.95. The van der Waals surface area contributed by atoms with E-state index < -0.39 is 0 Å². The number of anilines is 1. The molecule has 0 fully saturated rings. The Morgan fingerprint density at radius 1 is 0.846 bits per heavy atom. The largest absolute Gasteiger partial charge is 0.343 e. The highest BCUT2D eigenvalue weighted by Gasteiger charge is 2.11. The molecule has 4 nitrogen and oxygen atoms in total. The van der Waals surface area contributed by atoms with Crippen molar-refractivity contribution in [1.82, 2.24) is 5.32 Å². The Morgan fingerprint density at radius 2 is 1.58 bits per heavy atom. The standard InChI is InChI=1S/C21H17BrN2O2/c22-17-10-6-9-16(13-17)21(26)23-14-20(25)24-19-12-5-4-11-18(19)15-7-2-1-3-8-15/h1-13H,14H2,(H,23,26)(H,24,25). The van der Waals surface area contributed by atoms with E-state index in [2.05, 4.69) is 26.6 Å². The predicted molar refractivity (Wildman–Crippen MR) is 107 cm³/mol. The summed E-state index contributed by atoms with van der Waals surface area (Å²) >= 11 is 3.33. The fourth-order valence-electron chi connectivity index (χ4n) is 2.55. The van der Waals surface area contributed by atoms with Crippen molar-refractivity contribution in [2.24, 2.45) is 0 Å². The molecule has 5 heteroatoms. The van der Waals surface area contributed by atoms with E-state index >= 15 is 0 Å². The van der Waals surface area contributed by atoms with Gasteiger partial charge in [0, 0.05) is 21.3 Å². The minimum absolute atomic E-state index is 0.103. The summed E-state index contributed by atoms with van der Waals surface area (Å²) in [4.78, 5) is 24.4. The van der Waals surface area contributed by atoms with Gasteiger partial charge >= 0.3 is 0 Å². The maximum absolute atomic E-state index is 12.3. The third kappa shape index (κ3) is 4.58. The Kier molecular flexibility index (Phi) is 5.81. The molecule has 0 unspecified atom stereocenters. The monoisotopic (exact) mass is 408 g/mol. The third-order valence-electron chi connectivity index (χ3n) is 3.78. The van der Waals surface area contributed by atoms with Crippen LogP contribution in [0.25, 0.3) is 11.1 Å². The second-order valence-electron chi connectivity index (χ2n) is 5.65. The van der Waals surface area contributed by atoms with Gasteiger partial charge in [0.2, 0.25) is 5.91 Å². The lowest BCUT2D eigenvalue weighted by Crippen LogP contribution is -2.32. The summed E-state index contributed by atoms with van der Waals surface area (Å²) in [6, 6.07) is 24.4. The molecule has 0 aliphatic heterocycles. The molecule has 3 rings (SSSR count). The van der Waals surface area contributed by atoms with Crippen molar-refractivity contribution in [1.29, 1.82) is 0 Å². The molecule has 0 saturated heterocycles. The highest BCUT2D eigenvalue weighted by atomic mass is 79.9. The molecule has 0 bridgehead atoms. The van der Waals surface area contributed by atoms with Crippen LogP contribution in [-0.4, -0.2) is 18.4 Å². The van der Waals surface area contributed by atoms with Crippen LogP contribution in [0.2, 0.25) is 0 Å². The number of benzene rings is 3. The van der Waals surface area contributed by atoms with Gasteiger partial charge in [-0.3, -0.25) is 9.59 Å². The normalized spacial score (nSPS) is 10.2. The van der Waals surface area contributed by atoms with Crippen LogP contribution in [0.15, 0.2) is 83.3 Å². The zero-order valence-corrected chi connectivity index (χ0v) is 15.5. The molecule has 0 aliphatic rings. The highest BCUT2D eigenvalue weighted by molar-refractivity contribution is 9.10. The molecule has 3 aromatic rings. The summed E-state index contributed by atoms with van der Waals surface area (Å²) in [5.74, 6) is -0.575.